The predicted molar refractivity (Wildman–Crippen MR) is 119 cm³/mol. The molecule has 2 N–H and O–H groups in total. The Kier molecular flexibility index (Phi) is 5.77. The molecule has 1 heterocycles. The van der Waals surface area contributed by atoms with Gasteiger partial charge >= 0.3 is 0 Å². The summed E-state index contributed by atoms with van der Waals surface area (Å²) in [4.78, 5) is 39.0. The number of carbonyl (C=O) groups is 3. The fourth-order valence-corrected chi connectivity index (χ4v) is 5.01. The van der Waals surface area contributed by atoms with Gasteiger partial charge in [0.1, 0.15) is 5.00 Å². The molecule has 0 fully saturated rings. The van der Waals surface area contributed by atoms with Crippen LogP contribution in [0.2, 0.25) is 0 Å². The summed E-state index contributed by atoms with van der Waals surface area (Å²) in [5, 5.41) is 6.19. The van der Waals surface area contributed by atoms with Crippen molar-refractivity contribution < 1.29 is 14.4 Å². The molecule has 0 atom stereocenters. The molecule has 2 aromatic carbocycles. The first-order chi connectivity index (χ1) is 14.6. The van der Waals surface area contributed by atoms with E-state index < -0.39 is 0 Å². The zero-order valence-electron chi connectivity index (χ0n) is 16.7. The van der Waals surface area contributed by atoms with Gasteiger partial charge in [0.05, 0.1) is 5.56 Å². The van der Waals surface area contributed by atoms with Gasteiger partial charge < -0.3 is 10.6 Å². The molecule has 1 aliphatic rings. The summed E-state index contributed by atoms with van der Waals surface area (Å²) < 4.78 is 0. The Morgan fingerprint density at radius 3 is 2.13 bits per heavy atom. The van der Waals surface area contributed by atoms with E-state index in [0.29, 0.717) is 27.3 Å². The van der Waals surface area contributed by atoms with Crippen molar-refractivity contribution in [1.29, 1.82) is 0 Å². The normalized spacial score (nSPS) is 12.7. The number of ketones is 1. The SMILES string of the molecule is CNC(=O)c1c(NC(=O)c2ccc(C(=O)c3ccccc3)cc2)sc2c1CCCC2. The molecule has 4 rings (SSSR count). The number of benzene rings is 2. The summed E-state index contributed by atoms with van der Waals surface area (Å²) in [5.41, 5.74) is 3.21. The average molecular weight is 419 g/mol. The minimum atomic E-state index is -0.294. The van der Waals surface area contributed by atoms with E-state index in [1.165, 1.54) is 16.2 Å². The van der Waals surface area contributed by atoms with Crippen molar-refractivity contribution in [3.05, 3.63) is 87.3 Å². The number of thiophene rings is 1. The van der Waals surface area contributed by atoms with Gasteiger partial charge in [-0.3, -0.25) is 14.4 Å². The van der Waals surface area contributed by atoms with Crippen LogP contribution in [0.15, 0.2) is 54.6 Å². The summed E-state index contributed by atoms with van der Waals surface area (Å²) in [6, 6.07) is 15.6. The number of amides is 2. The number of carbonyl (C=O) groups excluding carboxylic acids is 3. The molecule has 0 radical (unpaired) electrons. The van der Waals surface area contributed by atoms with Gasteiger partial charge in [0, 0.05) is 28.6 Å². The lowest BCUT2D eigenvalue weighted by Crippen LogP contribution is -2.22. The molecule has 0 aliphatic heterocycles. The molecule has 0 unspecified atom stereocenters. The minimum Gasteiger partial charge on any atom is -0.355 e. The van der Waals surface area contributed by atoms with Gasteiger partial charge in [0.2, 0.25) is 0 Å². The average Bonchev–Trinajstić information content (AvgIpc) is 3.16. The van der Waals surface area contributed by atoms with Crippen molar-refractivity contribution in [3.8, 4) is 0 Å². The first-order valence-corrected chi connectivity index (χ1v) is 10.8. The molecule has 5 nitrogen and oxygen atoms in total. The first kappa shape index (κ1) is 20.0. The maximum Gasteiger partial charge on any atom is 0.256 e. The minimum absolute atomic E-state index is 0.0876. The van der Waals surface area contributed by atoms with Gasteiger partial charge in [-0.1, -0.05) is 42.5 Å². The molecule has 0 saturated heterocycles. The lowest BCUT2D eigenvalue weighted by Gasteiger charge is -2.12. The largest absolute Gasteiger partial charge is 0.355 e. The van der Waals surface area contributed by atoms with Gasteiger partial charge in [-0.25, -0.2) is 0 Å². The summed E-state index contributed by atoms with van der Waals surface area (Å²) >= 11 is 1.49. The number of rotatable bonds is 5. The summed E-state index contributed by atoms with van der Waals surface area (Å²) in [6.07, 6.45) is 3.96. The van der Waals surface area contributed by atoms with Crippen LogP contribution in [0.5, 0.6) is 0 Å². The van der Waals surface area contributed by atoms with Crippen LogP contribution in [-0.2, 0) is 12.8 Å². The second kappa shape index (κ2) is 8.63. The molecular formula is C24H22N2O3S. The Bertz CT molecular complexity index is 1100. The van der Waals surface area contributed by atoms with Crippen molar-refractivity contribution in [2.24, 2.45) is 0 Å². The van der Waals surface area contributed by atoms with E-state index in [2.05, 4.69) is 10.6 Å². The van der Waals surface area contributed by atoms with Crippen molar-refractivity contribution in [2.45, 2.75) is 25.7 Å². The van der Waals surface area contributed by atoms with E-state index in [4.69, 9.17) is 0 Å². The number of anilines is 1. The van der Waals surface area contributed by atoms with E-state index in [0.717, 1.165) is 31.2 Å². The molecule has 1 aliphatic carbocycles. The molecule has 3 aromatic rings. The van der Waals surface area contributed by atoms with E-state index >= 15 is 0 Å². The predicted octanol–water partition coefficient (Wildman–Crippen LogP) is 4.47. The second-order valence-electron chi connectivity index (χ2n) is 7.22. The number of hydrogen-bond donors (Lipinski definition) is 2. The van der Waals surface area contributed by atoms with Crippen LogP contribution in [0, 0.1) is 0 Å². The number of hydrogen-bond acceptors (Lipinski definition) is 4. The lowest BCUT2D eigenvalue weighted by atomic mass is 9.95. The summed E-state index contributed by atoms with van der Waals surface area (Å²) in [5.74, 6) is -0.554. The van der Waals surface area contributed by atoms with Gasteiger partial charge in [0.25, 0.3) is 11.8 Å². The van der Waals surface area contributed by atoms with Crippen molar-refractivity contribution in [2.75, 3.05) is 12.4 Å². The van der Waals surface area contributed by atoms with Gasteiger partial charge in [-0.15, -0.1) is 11.3 Å². The first-order valence-electron chi connectivity index (χ1n) is 9.96. The zero-order valence-corrected chi connectivity index (χ0v) is 17.5. The highest BCUT2D eigenvalue weighted by Crippen LogP contribution is 2.38. The van der Waals surface area contributed by atoms with Crippen LogP contribution in [0.4, 0.5) is 5.00 Å². The Hall–Kier alpha value is -3.25. The molecular weight excluding hydrogens is 396 g/mol. The molecule has 152 valence electrons. The van der Waals surface area contributed by atoms with Crippen molar-refractivity contribution in [3.63, 3.8) is 0 Å². The van der Waals surface area contributed by atoms with Crippen LogP contribution < -0.4 is 10.6 Å². The molecule has 30 heavy (non-hydrogen) atoms. The third-order valence-corrected chi connectivity index (χ3v) is 6.50. The third-order valence-electron chi connectivity index (χ3n) is 5.30. The fourth-order valence-electron chi connectivity index (χ4n) is 3.72. The quantitative estimate of drug-likeness (QED) is 0.600. The maximum atomic E-state index is 12.8. The summed E-state index contributed by atoms with van der Waals surface area (Å²) in [7, 11) is 1.60. The monoisotopic (exact) mass is 418 g/mol. The van der Waals surface area contributed by atoms with Gasteiger partial charge in [-0.05, 0) is 43.4 Å². The van der Waals surface area contributed by atoms with E-state index in [9.17, 15) is 14.4 Å². The summed E-state index contributed by atoms with van der Waals surface area (Å²) in [6.45, 7) is 0. The number of aryl methyl sites for hydroxylation is 1. The van der Waals surface area contributed by atoms with E-state index in [-0.39, 0.29) is 17.6 Å². The van der Waals surface area contributed by atoms with Crippen LogP contribution in [0.3, 0.4) is 0 Å². The third kappa shape index (κ3) is 3.91. The standard InChI is InChI=1S/C24H22N2O3S/c1-25-23(29)20-18-9-5-6-10-19(18)30-24(20)26-22(28)17-13-11-16(12-14-17)21(27)15-7-3-2-4-8-15/h2-4,7-8,11-14H,5-6,9-10H2,1H3,(H,25,29)(H,26,28). The fraction of sp³-hybridized carbons (Fsp3) is 0.208. The second-order valence-corrected chi connectivity index (χ2v) is 8.33. The molecule has 0 bridgehead atoms. The van der Waals surface area contributed by atoms with E-state index in [1.807, 2.05) is 18.2 Å². The van der Waals surface area contributed by atoms with Crippen molar-refractivity contribution >= 4 is 33.9 Å². The lowest BCUT2D eigenvalue weighted by molar-refractivity contribution is 0.0962. The number of fused-ring (bicyclic) bond motifs is 1. The Balaban J connectivity index is 1.55. The molecule has 1 aromatic heterocycles. The molecule has 0 saturated carbocycles. The van der Waals surface area contributed by atoms with Crippen LogP contribution in [0.1, 0.15) is 59.9 Å². The van der Waals surface area contributed by atoms with Gasteiger partial charge in [0.15, 0.2) is 5.78 Å². The highest BCUT2D eigenvalue weighted by Gasteiger charge is 2.26. The highest BCUT2D eigenvalue weighted by molar-refractivity contribution is 7.17. The number of nitrogens with one attached hydrogen (secondary N) is 2. The highest BCUT2D eigenvalue weighted by atomic mass is 32.1. The zero-order chi connectivity index (χ0) is 21.1. The molecule has 2 amide bonds. The van der Waals surface area contributed by atoms with Crippen LogP contribution in [0.25, 0.3) is 0 Å². The van der Waals surface area contributed by atoms with Crippen LogP contribution >= 0.6 is 11.3 Å². The van der Waals surface area contributed by atoms with Crippen molar-refractivity contribution in [1.82, 2.24) is 5.32 Å². The smallest absolute Gasteiger partial charge is 0.256 e. The molecule has 0 spiro atoms. The Labute approximate surface area is 179 Å². The Morgan fingerprint density at radius 1 is 0.800 bits per heavy atom. The Morgan fingerprint density at radius 2 is 1.43 bits per heavy atom. The molecule has 6 heteroatoms. The van der Waals surface area contributed by atoms with Gasteiger partial charge in [-0.2, -0.15) is 0 Å². The van der Waals surface area contributed by atoms with Crippen LogP contribution in [-0.4, -0.2) is 24.6 Å². The maximum absolute atomic E-state index is 12.8. The topological polar surface area (TPSA) is 75.3 Å². The van der Waals surface area contributed by atoms with E-state index in [1.54, 1.807) is 43.4 Å².